The number of benzene rings is 4. The number of nitrogens with one attached hydrogen (secondary N) is 4. The Morgan fingerprint density at radius 2 is 0.866 bits per heavy atom. The molecule has 0 radical (unpaired) electrons. The second-order valence-corrected chi connectivity index (χ2v) is 37.2. The summed E-state index contributed by atoms with van der Waals surface area (Å²) < 4.78 is 27.1. The Morgan fingerprint density at radius 1 is 0.538 bits per heavy atom. The van der Waals surface area contributed by atoms with Crippen molar-refractivity contribution in [1.29, 1.82) is 16.4 Å². The van der Waals surface area contributed by atoms with E-state index >= 15 is 0 Å². The summed E-state index contributed by atoms with van der Waals surface area (Å²) in [6.45, 7) is 61.2. The number of hydrogen-bond donors (Lipinski definition) is 4. The molecule has 4 heterocycles. The van der Waals surface area contributed by atoms with Crippen LogP contribution in [0.15, 0.2) is 150 Å². The van der Waals surface area contributed by atoms with Gasteiger partial charge in [-0.1, -0.05) is 179 Å². The van der Waals surface area contributed by atoms with Gasteiger partial charge in [0.15, 0.2) is 11.8 Å². The molecule has 2 saturated heterocycles. The van der Waals surface area contributed by atoms with Crippen LogP contribution in [0.2, 0.25) is 10.0 Å². The third-order valence-corrected chi connectivity index (χ3v) is 17.7. The summed E-state index contributed by atoms with van der Waals surface area (Å²) in [5, 5.41) is 42.7. The van der Waals surface area contributed by atoms with Crippen LogP contribution in [0.1, 0.15) is 195 Å². The molecule has 22 nitrogen and oxygen atoms in total. The number of pyridine rings is 2. The Labute approximate surface area is 748 Å². The van der Waals surface area contributed by atoms with Gasteiger partial charge in [0, 0.05) is 81.8 Å². The number of isothiocyanates is 1. The quantitative estimate of drug-likeness (QED) is 0.0115. The van der Waals surface area contributed by atoms with Crippen molar-refractivity contribution in [3.05, 3.63) is 189 Å². The number of carbonyl (C=O) groups excluding carboxylic acids is 4. The Balaban J connectivity index is 0.000000509. The van der Waals surface area contributed by atoms with Gasteiger partial charge >= 0.3 is 57.5 Å². The molecule has 2 atom stereocenters. The summed E-state index contributed by atoms with van der Waals surface area (Å²) in [5.41, 5.74) is 5.81. The Hall–Kier alpha value is -9.19. The van der Waals surface area contributed by atoms with Crippen LogP contribution in [0.4, 0.5) is 34.4 Å². The molecule has 28 heteroatoms. The van der Waals surface area contributed by atoms with Gasteiger partial charge in [0.05, 0.1) is 45.7 Å². The Bertz CT molecular complexity index is 4460. The predicted molar refractivity (Wildman–Crippen MR) is 491 cm³/mol. The summed E-state index contributed by atoms with van der Waals surface area (Å²) in [6.07, 6.45) is 3.34. The average molecular weight is 1840 g/mol. The zero-order chi connectivity index (χ0) is 91.4. The zero-order valence-electron chi connectivity index (χ0n) is 74.8. The van der Waals surface area contributed by atoms with Crippen LogP contribution in [0.5, 0.6) is 0 Å². The monoisotopic (exact) mass is 1830 g/mol. The minimum Gasteiger partial charge on any atom is -0.465 e. The van der Waals surface area contributed by atoms with Gasteiger partial charge in [0.2, 0.25) is 0 Å². The molecule has 8 rings (SSSR count). The average Bonchev–Trinajstić information content (AvgIpc) is 0.810. The Kier molecular flexibility index (Phi) is 42.7. The fourth-order valence-corrected chi connectivity index (χ4v) is 11.6. The van der Waals surface area contributed by atoms with Crippen LogP contribution >= 0.6 is 59.9 Å². The molecule has 0 bridgehead atoms. The first-order valence-corrected chi connectivity index (χ1v) is 42.9. The van der Waals surface area contributed by atoms with Crippen molar-refractivity contribution in [2.24, 2.45) is 16.8 Å². The third kappa shape index (κ3) is 40.6. The maximum atomic E-state index is 13.0. The van der Waals surface area contributed by atoms with E-state index in [2.05, 4.69) is 176 Å². The first kappa shape index (κ1) is 104. The van der Waals surface area contributed by atoms with Gasteiger partial charge in [0.25, 0.3) is 0 Å². The van der Waals surface area contributed by atoms with Crippen molar-refractivity contribution in [2.75, 3.05) is 83.0 Å². The summed E-state index contributed by atoms with van der Waals surface area (Å²) in [5.74, 6) is -2.52. The molecule has 6 aromatic rings. The van der Waals surface area contributed by atoms with Gasteiger partial charge in [0.1, 0.15) is 56.3 Å². The molecule has 644 valence electrons. The first-order chi connectivity index (χ1) is 55.5. The molecule has 0 aliphatic carbocycles. The van der Waals surface area contributed by atoms with E-state index in [0.29, 0.717) is 37.0 Å². The third-order valence-electron chi connectivity index (χ3n) is 16.4. The second-order valence-electron chi connectivity index (χ2n) is 35.3. The van der Waals surface area contributed by atoms with Gasteiger partial charge in [-0.05, 0) is 212 Å². The minimum absolute atomic E-state index is 0.0263. The fraction of sp³-hybridized carbons (Fsp3) is 0.484. The SMILES string of the molecule is CC(C)(C)OC(=O)C(C#N)C(=S)Nc1ccc(C(C)(C)C)cc1.CC(C)(C)OC(=O)C(C#N)C(=S)Nc1ccc(C(C)(C)C)cc1.CC(C)(C)OC(=O)CC#N.CC(C)(C)c1ccc(N=C=S)cc1.Clc1cccnc1N1CCNCC1.[2H][I-]C.[C-]#[N+]C(C(=O)OC(C)(C)C)=C(Nc1ccc(C(C)(C)C)cc1)N1CCN(c2ncccc2Cl)CC1. The van der Waals surface area contributed by atoms with Crippen molar-refractivity contribution in [3.8, 4) is 18.2 Å². The summed E-state index contributed by atoms with van der Waals surface area (Å²) in [6, 6.07) is 44.6. The number of rotatable bonds is 14. The smallest absolute Gasteiger partial charge is 0.340 e. The number of carbonyl (C=O) groups is 4. The van der Waals surface area contributed by atoms with E-state index in [1.807, 2.05) is 113 Å². The number of anilines is 5. The maximum absolute atomic E-state index is 13.0. The molecule has 0 amide bonds. The molecule has 2 aliphatic heterocycles. The van der Waals surface area contributed by atoms with E-state index in [4.69, 9.17) is 79.0 Å². The van der Waals surface area contributed by atoms with Crippen LogP contribution < -0.4 is 53.5 Å². The van der Waals surface area contributed by atoms with Crippen LogP contribution in [0.25, 0.3) is 4.85 Å². The van der Waals surface area contributed by atoms with Gasteiger partial charge in [-0.25, -0.2) is 14.8 Å². The van der Waals surface area contributed by atoms with Gasteiger partial charge in [-0.15, -0.1) is 0 Å². The molecular formula is C91H122Cl2IN14O8S3-. The first-order valence-electron chi connectivity index (χ1n) is 39.1. The molecule has 4 aromatic carbocycles. The summed E-state index contributed by atoms with van der Waals surface area (Å²) >= 11 is 27.1. The number of ether oxygens (including phenoxy) is 4. The molecule has 2 aromatic heterocycles. The zero-order valence-corrected chi connectivity index (χ0v) is 79.9. The Morgan fingerprint density at radius 3 is 1.16 bits per heavy atom. The number of nitriles is 3. The standard InChI is InChI=1S/C27H34ClN5O2.2C18H24N2O2S.C11H13NS.C9H12ClN3.C7H11NO2.CH4I/c1-26(2,3)19-10-12-20(13-11-19)31-24(22(29-7)25(34)35-27(4,5)6)33-17-15-32(16-18-33)23-21(28)9-8-14-30-23;2*1-17(2,3)12-7-9-13(10-8-12)20-15(23)14(11-19)16(21)22-18(4,5)6;1-11(2,3)9-4-6-10(7-5-9)12-8-13;10-8-2-1-3-12-9(8)13-6-4-11-5-7-13;1-7(2,3)10-6(9)4-5-8;1-2/h8-14,31H,15-18H2,1-6H3;2*7-10,14H,1-6H3,(H,20,23);4-7H,1-3H3;1-3,11H,4-7H2;4H2,1-3H3;2H,1H3/q;;;;;;-1/i;;;;;;2D. The van der Waals surface area contributed by atoms with Crippen molar-refractivity contribution in [2.45, 2.75) is 217 Å². The van der Waals surface area contributed by atoms with Gasteiger partial charge < -0.3 is 54.9 Å². The molecule has 2 fully saturated rings. The van der Waals surface area contributed by atoms with Crippen molar-refractivity contribution < 1.29 is 60.5 Å². The number of aromatic nitrogens is 2. The molecule has 2 unspecified atom stereocenters. The van der Waals surface area contributed by atoms with E-state index in [-0.39, 0.29) is 66.1 Å². The number of hydrogen-bond acceptors (Lipinski definition) is 22. The van der Waals surface area contributed by atoms with E-state index in [1.165, 1.54) is 22.3 Å². The van der Waals surface area contributed by atoms with Crippen LogP contribution in [-0.2, 0) is 59.8 Å². The molecule has 119 heavy (non-hydrogen) atoms. The van der Waals surface area contributed by atoms with Crippen LogP contribution in [0, 0.1) is 52.4 Å². The van der Waals surface area contributed by atoms with Crippen molar-refractivity contribution in [1.82, 2.24) is 20.2 Å². The van der Waals surface area contributed by atoms with Gasteiger partial charge in [-0.2, -0.15) is 20.8 Å². The van der Waals surface area contributed by atoms with Crippen LogP contribution in [-0.4, -0.2) is 134 Å². The van der Waals surface area contributed by atoms with E-state index in [9.17, 15) is 29.7 Å². The molecular weight excluding hydrogens is 1710 g/mol. The second kappa shape index (κ2) is 48.9. The summed E-state index contributed by atoms with van der Waals surface area (Å²) in [4.78, 5) is 72.4. The summed E-state index contributed by atoms with van der Waals surface area (Å²) in [7, 11) is 0. The molecule has 4 N–H and O–H groups in total. The number of thiocarbonyl (C=S) groups is 3. The van der Waals surface area contributed by atoms with E-state index in [1.54, 1.807) is 108 Å². The molecule has 0 saturated carbocycles. The predicted octanol–water partition coefficient (Wildman–Crippen LogP) is 17.1. The number of esters is 4. The molecule has 0 spiro atoms. The fourth-order valence-electron chi connectivity index (χ4n) is 10.5. The maximum Gasteiger partial charge on any atom is 0.340 e. The van der Waals surface area contributed by atoms with Gasteiger partial charge in [-0.3, -0.25) is 19.2 Å². The largest absolute Gasteiger partial charge is 0.465 e. The van der Waals surface area contributed by atoms with E-state index in [0.717, 1.165) is 65.6 Å². The van der Waals surface area contributed by atoms with Crippen molar-refractivity contribution >= 4 is 133 Å². The molecule has 2 aliphatic rings. The number of halogens is 3. The topological polar surface area (TPSA) is 277 Å². The van der Waals surface area contributed by atoms with E-state index < -0.39 is 58.1 Å². The number of alkyl halides is 1. The number of nitrogens with zero attached hydrogens (tertiary/aromatic N) is 10. The minimum atomic E-state index is -1.12. The van der Waals surface area contributed by atoms with Crippen LogP contribution in [0.3, 0.4) is 0 Å². The number of aliphatic imine (C=N–C) groups is 1. The van der Waals surface area contributed by atoms with Crippen molar-refractivity contribution in [3.63, 3.8) is 0 Å². The normalized spacial score (nSPS) is 13.6. The number of piperazine rings is 2.